The van der Waals surface area contributed by atoms with E-state index in [1.54, 1.807) is 36.2 Å². The lowest BCUT2D eigenvalue weighted by molar-refractivity contribution is -0.384. The fourth-order valence-corrected chi connectivity index (χ4v) is 2.20. The number of amides is 1. The Bertz CT molecular complexity index is 749. The van der Waals surface area contributed by atoms with Gasteiger partial charge in [0.25, 0.3) is 5.69 Å². The Labute approximate surface area is 138 Å². The molecular weight excluding hydrogens is 318 g/mol. The van der Waals surface area contributed by atoms with Crippen molar-refractivity contribution in [1.82, 2.24) is 0 Å². The quantitative estimate of drug-likeness (QED) is 0.669. The number of rotatable bonds is 5. The van der Waals surface area contributed by atoms with Crippen LogP contribution >= 0.6 is 11.6 Å². The third-order valence-electron chi connectivity index (χ3n) is 3.32. The van der Waals surface area contributed by atoms with Gasteiger partial charge in [-0.25, -0.2) is 0 Å². The summed E-state index contributed by atoms with van der Waals surface area (Å²) in [6, 6.07) is 11.4. The number of carbonyl (C=O) groups excluding carboxylic acids is 1. The molecule has 0 saturated carbocycles. The molecule has 23 heavy (non-hydrogen) atoms. The smallest absolute Gasteiger partial charge is 0.271 e. The molecule has 1 N–H and O–H groups in total. The molecule has 120 valence electrons. The van der Waals surface area contributed by atoms with Crippen molar-refractivity contribution in [2.75, 3.05) is 23.8 Å². The third-order valence-corrected chi connectivity index (χ3v) is 3.72. The molecule has 2 aromatic rings. The van der Waals surface area contributed by atoms with Gasteiger partial charge in [-0.1, -0.05) is 23.7 Å². The lowest BCUT2D eigenvalue weighted by Crippen LogP contribution is -2.30. The van der Waals surface area contributed by atoms with Crippen LogP contribution < -0.4 is 10.2 Å². The number of benzene rings is 2. The molecule has 0 unspecified atom stereocenters. The molecule has 0 saturated heterocycles. The fourth-order valence-electron chi connectivity index (χ4n) is 2.02. The number of nitrogens with one attached hydrogen (secondary N) is 1. The highest BCUT2D eigenvalue weighted by molar-refractivity contribution is 6.31. The minimum atomic E-state index is -0.467. The second-order valence-corrected chi connectivity index (χ2v) is 5.55. The van der Waals surface area contributed by atoms with Gasteiger partial charge in [0, 0.05) is 35.6 Å². The first-order chi connectivity index (χ1) is 10.9. The van der Waals surface area contributed by atoms with Crippen LogP contribution in [0.1, 0.15) is 5.56 Å². The number of carbonyl (C=O) groups is 1. The molecule has 0 spiro atoms. The van der Waals surface area contributed by atoms with Gasteiger partial charge in [-0.2, -0.15) is 0 Å². The zero-order valence-corrected chi connectivity index (χ0v) is 13.5. The van der Waals surface area contributed by atoms with Crippen molar-refractivity contribution < 1.29 is 9.72 Å². The van der Waals surface area contributed by atoms with Crippen molar-refractivity contribution in [3.8, 4) is 0 Å². The summed E-state index contributed by atoms with van der Waals surface area (Å²) in [5.74, 6) is -0.237. The van der Waals surface area contributed by atoms with Crippen LogP contribution in [0.5, 0.6) is 0 Å². The zero-order valence-electron chi connectivity index (χ0n) is 12.7. The van der Waals surface area contributed by atoms with Crippen LogP contribution in [0.2, 0.25) is 5.02 Å². The maximum absolute atomic E-state index is 12.1. The van der Waals surface area contributed by atoms with Gasteiger partial charge in [-0.05, 0) is 30.7 Å². The summed E-state index contributed by atoms with van der Waals surface area (Å²) >= 11 is 6.02. The molecule has 2 rings (SSSR count). The summed E-state index contributed by atoms with van der Waals surface area (Å²) in [5.41, 5.74) is 2.12. The SMILES string of the molecule is Cc1ccc(NC(=O)CN(C)c2cccc([N+](=O)[O-])c2)cc1Cl. The molecule has 0 atom stereocenters. The van der Waals surface area contributed by atoms with Gasteiger partial charge in [0.1, 0.15) is 0 Å². The molecule has 0 radical (unpaired) electrons. The Kier molecular flexibility index (Phi) is 5.18. The molecule has 2 aromatic carbocycles. The minimum absolute atomic E-state index is 0.0138. The van der Waals surface area contributed by atoms with Crippen LogP contribution in [0.3, 0.4) is 0 Å². The Morgan fingerprint density at radius 3 is 2.70 bits per heavy atom. The number of nitro groups is 1. The number of aryl methyl sites for hydroxylation is 1. The van der Waals surface area contributed by atoms with Crippen LogP contribution in [0.4, 0.5) is 17.1 Å². The summed E-state index contributed by atoms with van der Waals surface area (Å²) in [6.07, 6.45) is 0. The van der Waals surface area contributed by atoms with Crippen molar-refractivity contribution in [1.29, 1.82) is 0 Å². The normalized spacial score (nSPS) is 10.2. The lowest BCUT2D eigenvalue weighted by Gasteiger charge is -2.18. The highest BCUT2D eigenvalue weighted by Crippen LogP contribution is 2.21. The van der Waals surface area contributed by atoms with E-state index in [-0.39, 0.29) is 18.1 Å². The van der Waals surface area contributed by atoms with Crippen LogP contribution in [-0.4, -0.2) is 24.4 Å². The average Bonchev–Trinajstić information content (AvgIpc) is 2.51. The van der Waals surface area contributed by atoms with Gasteiger partial charge < -0.3 is 10.2 Å². The van der Waals surface area contributed by atoms with Crippen molar-refractivity contribution in [2.24, 2.45) is 0 Å². The summed E-state index contributed by atoms with van der Waals surface area (Å²) < 4.78 is 0. The first-order valence-corrected chi connectivity index (χ1v) is 7.26. The molecule has 7 heteroatoms. The van der Waals surface area contributed by atoms with E-state index in [0.717, 1.165) is 5.56 Å². The molecule has 0 fully saturated rings. The number of hydrogen-bond donors (Lipinski definition) is 1. The van der Waals surface area contributed by atoms with Gasteiger partial charge in [0.15, 0.2) is 0 Å². The molecule has 0 bridgehead atoms. The fraction of sp³-hybridized carbons (Fsp3) is 0.188. The number of nitrogens with zero attached hydrogens (tertiary/aromatic N) is 2. The van der Waals surface area contributed by atoms with Gasteiger partial charge in [-0.3, -0.25) is 14.9 Å². The number of likely N-dealkylation sites (N-methyl/N-ethyl adjacent to an activating group) is 1. The van der Waals surface area contributed by atoms with Gasteiger partial charge in [-0.15, -0.1) is 0 Å². The first kappa shape index (κ1) is 16.8. The highest BCUT2D eigenvalue weighted by atomic mass is 35.5. The van der Waals surface area contributed by atoms with E-state index in [4.69, 9.17) is 11.6 Å². The van der Waals surface area contributed by atoms with Crippen LogP contribution in [0.15, 0.2) is 42.5 Å². The molecule has 6 nitrogen and oxygen atoms in total. The topological polar surface area (TPSA) is 75.5 Å². The average molecular weight is 334 g/mol. The van der Waals surface area contributed by atoms with Gasteiger partial charge >= 0.3 is 0 Å². The highest BCUT2D eigenvalue weighted by Gasteiger charge is 2.12. The van der Waals surface area contributed by atoms with E-state index in [1.165, 1.54) is 12.1 Å². The molecule has 0 aliphatic rings. The standard InChI is InChI=1S/C16H16ClN3O3/c1-11-6-7-12(8-15(11)17)18-16(21)10-19(2)13-4-3-5-14(9-13)20(22)23/h3-9H,10H2,1-2H3,(H,18,21). The van der Waals surface area contributed by atoms with E-state index in [1.807, 2.05) is 13.0 Å². The molecule has 0 heterocycles. The molecular formula is C16H16ClN3O3. The third kappa shape index (κ3) is 4.43. The summed E-state index contributed by atoms with van der Waals surface area (Å²) in [4.78, 5) is 24.0. The predicted molar refractivity (Wildman–Crippen MR) is 91.2 cm³/mol. The molecule has 0 aliphatic carbocycles. The zero-order chi connectivity index (χ0) is 17.0. The second-order valence-electron chi connectivity index (χ2n) is 5.15. The summed E-state index contributed by atoms with van der Waals surface area (Å²) in [5, 5.41) is 14.1. The van der Waals surface area contributed by atoms with Crippen molar-refractivity contribution in [2.45, 2.75) is 6.92 Å². The number of anilines is 2. The lowest BCUT2D eigenvalue weighted by atomic mass is 10.2. The Morgan fingerprint density at radius 2 is 2.04 bits per heavy atom. The Hall–Kier alpha value is -2.60. The Balaban J connectivity index is 2.03. The summed E-state index contributed by atoms with van der Waals surface area (Å²) in [7, 11) is 1.70. The molecule has 0 aromatic heterocycles. The van der Waals surface area contributed by atoms with E-state index in [0.29, 0.717) is 16.4 Å². The maximum Gasteiger partial charge on any atom is 0.271 e. The first-order valence-electron chi connectivity index (χ1n) is 6.88. The van der Waals surface area contributed by atoms with E-state index < -0.39 is 4.92 Å². The largest absolute Gasteiger partial charge is 0.365 e. The predicted octanol–water partition coefficient (Wildman–Crippen LogP) is 3.63. The number of hydrogen-bond acceptors (Lipinski definition) is 4. The summed E-state index contributed by atoms with van der Waals surface area (Å²) in [6.45, 7) is 1.94. The molecule has 1 amide bonds. The van der Waals surface area contributed by atoms with Gasteiger partial charge in [0.2, 0.25) is 5.91 Å². The van der Waals surface area contributed by atoms with Crippen molar-refractivity contribution >= 4 is 34.6 Å². The number of nitro benzene ring substituents is 1. The van der Waals surface area contributed by atoms with E-state index in [2.05, 4.69) is 5.32 Å². The van der Waals surface area contributed by atoms with Crippen LogP contribution in [-0.2, 0) is 4.79 Å². The van der Waals surface area contributed by atoms with Crippen molar-refractivity contribution in [3.05, 3.63) is 63.2 Å². The molecule has 0 aliphatic heterocycles. The Morgan fingerprint density at radius 1 is 1.30 bits per heavy atom. The van der Waals surface area contributed by atoms with Crippen LogP contribution in [0, 0.1) is 17.0 Å². The second kappa shape index (κ2) is 7.11. The minimum Gasteiger partial charge on any atom is -0.365 e. The maximum atomic E-state index is 12.1. The van der Waals surface area contributed by atoms with Crippen molar-refractivity contribution in [3.63, 3.8) is 0 Å². The number of non-ortho nitro benzene ring substituents is 1. The van der Waals surface area contributed by atoms with Crippen LogP contribution in [0.25, 0.3) is 0 Å². The van der Waals surface area contributed by atoms with E-state index in [9.17, 15) is 14.9 Å². The van der Waals surface area contributed by atoms with Gasteiger partial charge in [0.05, 0.1) is 11.5 Å². The monoisotopic (exact) mass is 333 g/mol. The number of halogens is 1. The van der Waals surface area contributed by atoms with E-state index >= 15 is 0 Å².